The van der Waals surface area contributed by atoms with Crippen molar-refractivity contribution in [2.75, 3.05) is 6.54 Å². The third-order valence-electron chi connectivity index (χ3n) is 2.49. The molecule has 1 aromatic carbocycles. The summed E-state index contributed by atoms with van der Waals surface area (Å²) in [6.07, 6.45) is 2.26. The number of nitrogens with two attached hydrogens (primary N) is 1. The molecule has 102 valence electrons. The van der Waals surface area contributed by atoms with E-state index in [2.05, 4.69) is 17.2 Å². The number of rotatable bonds is 5. The van der Waals surface area contributed by atoms with Crippen LogP contribution in [0.2, 0.25) is 5.02 Å². The summed E-state index contributed by atoms with van der Waals surface area (Å²) in [5, 5.41) is 3.87. The highest BCUT2D eigenvalue weighted by atomic mass is 127. The van der Waals surface area contributed by atoms with Gasteiger partial charge in [0.25, 0.3) is 0 Å². The zero-order valence-electron chi connectivity index (χ0n) is 10.9. The van der Waals surface area contributed by atoms with Crippen LogP contribution in [-0.2, 0) is 6.54 Å². The molecule has 1 aromatic rings. The highest BCUT2D eigenvalue weighted by molar-refractivity contribution is 14.0. The average Bonchev–Trinajstić information content (AvgIpc) is 2.31. The van der Waals surface area contributed by atoms with Gasteiger partial charge in [0.15, 0.2) is 5.96 Å². The number of nitrogens with zero attached hydrogens (tertiary/aromatic N) is 1. The summed E-state index contributed by atoms with van der Waals surface area (Å²) in [5.74, 6) is 0.506. The van der Waals surface area contributed by atoms with Crippen LogP contribution in [0.1, 0.15) is 30.9 Å². The number of aryl methyl sites for hydroxylation is 1. The number of hydrogen-bond donors (Lipinski definition) is 2. The summed E-state index contributed by atoms with van der Waals surface area (Å²) in [6.45, 7) is 5.60. The van der Waals surface area contributed by atoms with Gasteiger partial charge in [-0.15, -0.1) is 24.0 Å². The minimum Gasteiger partial charge on any atom is -0.370 e. The van der Waals surface area contributed by atoms with Crippen LogP contribution in [0.5, 0.6) is 0 Å². The summed E-state index contributed by atoms with van der Waals surface area (Å²) in [5.41, 5.74) is 7.93. The van der Waals surface area contributed by atoms with E-state index < -0.39 is 0 Å². The molecule has 0 aliphatic rings. The van der Waals surface area contributed by atoms with Crippen molar-refractivity contribution in [1.29, 1.82) is 0 Å². The molecule has 0 aliphatic heterocycles. The number of halogens is 2. The predicted octanol–water partition coefficient (Wildman–Crippen LogP) is 3.47. The van der Waals surface area contributed by atoms with E-state index in [0.717, 1.165) is 35.5 Å². The van der Waals surface area contributed by atoms with E-state index in [1.165, 1.54) is 0 Å². The van der Waals surface area contributed by atoms with E-state index in [-0.39, 0.29) is 24.0 Å². The second kappa shape index (κ2) is 9.44. The molecule has 3 nitrogen and oxygen atoms in total. The SMILES string of the molecule is CCCCNC(N)=NCc1ccc(Cl)c(C)c1.I. The van der Waals surface area contributed by atoms with Crippen molar-refractivity contribution in [3.05, 3.63) is 34.3 Å². The number of nitrogens with one attached hydrogen (secondary N) is 1. The number of guanidine groups is 1. The van der Waals surface area contributed by atoms with Crippen molar-refractivity contribution in [3.8, 4) is 0 Å². The van der Waals surface area contributed by atoms with Crippen LogP contribution < -0.4 is 11.1 Å². The largest absolute Gasteiger partial charge is 0.370 e. The Morgan fingerprint density at radius 3 is 2.78 bits per heavy atom. The molecule has 0 fully saturated rings. The Bertz CT molecular complexity index is 394. The zero-order valence-corrected chi connectivity index (χ0v) is 14.0. The summed E-state index contributed by atoms with van der Waals surface area (Å²) < 4.78 is 0. The Kier molecular flexibility index (Phi) is 9.18. The van der Waals surface area contributed by atoms with Gasteiger partial charge in [-0.2, -0.15) is 0 Å². The molecule has 0 bridgehead atoms. The molecule has 0 atom stereocenters. The lowest BCUT2D eigenvalue weighted by atomic mass is 10.1. The number of benzene rings is 1. The van der Waals surface area contributed by atoms with Crippen LogP contribution in [0.4, 0.5) is 0 Å². The van der Waals surface area contributed by atoms with Gasteiger partial charge in [0.05, 0.1) is 6.54 Å². The number of unbranched alkanes of at least 4 members (excludes halogenated alkanes) is 1. The lowest BCUT2D eigenvalue weighted by Gasteiger charge is -2.05. The molecule has 0 radical (unpaired) electrons. The van der Waals surface area contributed by atoms with Crippen molar-refractivity contribution in [2.45, 2.75) is 33.2 Å². The Labute approximate surface area is 131 Å². The van der Waals surface area contributed by atoms with E-state index in [4.69, 9.17) is 17.3 Å². The van der Waals surface area contributed by atoms with E-state index in [1.54, 1.807) is 0 Å². The monoisotopic (exact) mass is 381 g/mol. The molecule has 5 heteroatoms. The van der Waals surface area contributed by atoms with E-state index in [9.17, 15) is 0 Å². The van der Waals surface area contributed by atoms with Gasteiger partial charge in [-0.1, -0.05) is 37.1 Å². The molecule has 1 rings (SSSR count). The molecule has 18 heavy (non-hydrogen) atoms. The smallest absolute Gasteiger partial charge is 0.188 e. The van der Waals surface area contributed by atoms with E-state index in [0.29, 0.717) is 12.5 Å². The molecular formula is C13H21ClIN3. The highest BCUT2D eigenvalue weighted by Gasteiger charge is 1.97. The minimum absolute atomic E-state index is 0. The molecule has 0 saturated carbocycles. The number of aliphatic imine (C=N–C) groups is 1. The van der Waals surface area contributed by atoms with Crippen LogP contribution in [0.3, 0.4) is 0 Å². The zero-order chi connectivity index (χ0) is 12.7. The Morgan fingerprint density at radius 1 is 1.44 bits per heavy atom. The first-order valence-electron chi connectivity index (χ1n) is 5.92. The molecule has 3 N–H and O–H groups in total. The maximum Gasteiger partial charge on any atom is 0.188 e. The second-order valence-electron chi connectivity index (χ2n) is 4.07. The molecule has 0 aromatic heterocycles. The van der Waals surface area contributed by atoms with Crippen molar-refractivity contribution in [3.63, 3.8) is 0 Å². The van der Waals surface area contributed by atoms with Gasteiger partial charge in [-0.25, -0.2) is 4.99 Å². The molecule has 0 spiro atoms. The predicted molar refractivity (Wildman–Crippen MR) is 89.8 cm³/mol. The van der Waals surface area contributed by atoms with Crippen LogP contribution in [-0.4, -0.2) is 12.5 Å². The third-order valence-corrected chi connectivity index (χ3v) is 2.91. The molecule has 0 amide bonds. The maximum atomic E-state index is 5.95. The van der Waals surface area contributed by atoms with Gasteiger partial charge >= 0.3 is 0 Å². The first-order valence-corrected chi connectivity index (χ1v) is 6.30. The van der Waals surface area contributed by atoms with Gasteiger partial charge in [0, 0.05) is 11.6 Å². The van der Waals surface area contributed by atoms with Crippen LogP contribution in [0, 0.1) is 6.92 Å². The van der Waals surface area contributed by atoms with Crippen molar-refractivity contribution >= 4 is 41.5 Å². The minimum atomic E-state index is 0. The lowest BCUT2D eigenvalue weighted by Crippen LogP contribution is -2.32. The molecule has 0 saturated heterocycles. The Morgan fingerprint density at radius 2 is 2.17 bits per heavy atom. The van der Waals surface area contributed by atoms with Crippen molar-refractivity contribution in [2.24, 2.45) is 10.7 Å². The first-order chi connectivity index (χ1) is 8.13. The van der Waals surface area contributed by atoms with Gasteiger partial charge in [0.1, 0.15) is 0 Å². The number of hydrogen-bond acceptors (Lipinski definition) is 1. The molecule has 0 aliphatic carbocycles. The van der Waals surface area contributed by atoms with Gasteiger partial charge < -0.3 is 11.1 Å². The van der Waals surface area contributed by atoms with Crippen LogP contribution in [0.15, 0.2) is 23.2 Å². The summed E-state index contributed by atoms with van der Waals surface area (Å²) in [4.78, 5) is 4.28. The third kappa shape index (κ3) is 6.44. The fourth-order valence-corrected chi connectivity index (χ4v) is 1.55. The van der Waals surface area contributed by atoms with Crippen molar-refractivity contribution < 1.29 is 0 Å². The quantitative estimate of drug-likeness (QED) is 0.355. The second-order valence-corrected chi connectivity index (χ2v) is 4.47. The standard InChI is InChI=1S/C13H20ClN3.HI/c1-3-4-7-16-13(15)17-9-11-5-6-12(14)10(2)8-11;/h5-6,8H,3-4,7,9H2,1-2H3,(H3,15,16,17);1H. The van der Waals surface area contributed by atoms with Crippen LogP contribution >= 0.6 is 35.6 Å². The normalized spacial score (nSPS) is 10.9. The van der Waals surface area contributed by atoms with Gasteiger partial charge in [0.2, 0.25) is 0 Å². The summed E-state index contributed by atoms with van der Waals surface area (Å²) >= 11 is 5.95. The van der Waals surface area contributed by atoms with E-state index in [1.807, 2.05) is 25.1 Å². The Hall–Kier alpha value is -0.490. The summed E-state index contributed by atoms with van der Waals surface area (Å²) in [6, 6.07) is 5.89. The van der Waals surface area contributed by atoms with Crippen molar-refractivity contribution in [1.82, 2.24) is 5.32 Å². The fraction of sp³-hybridized carbons (Fsp3) is 0.462. The first kappa shape index (κ1) is 17.5. The van der Waals surface area contributed by atoms with Gasteiger partial charge in [-0.05, 0) is 30.5 Å². The van der Waals surface area contributed by atoms with Crippen LogP contribution in [0.25, 0.3) is 0 Å². The maximum absolute atomic E-state index is 5.95. The molecule has 0 unspecified atom stereocenters. The summed E-state index contributed by atoms with van der Waals surface area (Å²) in [7, 11) is 0. The van der Waals surface area contributed by atoms with E-state index >= 15 is 0 Å². The molecular weight excluding hydrogens is 361 g/mol. The average molecular weight is 382 g/mol. The topological polar surface area (TPSA) is 50.4 Å². The molecule has 0 heterocycles. The highest BCUT2D eigenvalue weighted by Crippen LogP contribution is 2.16. The van der Waals surface area contributed by atoms with Gasteiger partial charge in [-0.3, -0.25) is 0 Å². The lowest BCUT2D eigenvalue weighted by molar-refractivity contribution is 0.748. The fourth-order valence-electron chi connectivity index (χ4n) is 1.43. The Balaban J connectivity index is 0.00000289.